The van der Waals surface area contributed by atoms with Gasteiger partial charge in [0.05, 0.1) is 0 Å². The summed E-state index contributed by atoms with van der Waals surface area (Å²) in [6.07, 6.45) is 1.20. The third kappa shape index (κ3) is 4.42. The van der Waals surface area contributed by atoms with Crippen LogP contribution in [0, 0.1) is 11.8 Å². The summed E-state index contributed by atoms with van der Waals surface area (Å²) >= 11 is 1.92. The van der Waals surface area contributed by atoms with Crippen molar-refractivity contribution in [2.75, 3.05) is 12.4 Å². The normalized spacial score (nSPS) is 9.47. The highest BCUT2D eigenvalue weighted by molar-refractivity contribution is 7.98. The monoisotopic (exact) mass is 220 g/mol. The fraction of sp³-hybridized carbons (Fsp3) is 0.385. The smallest absolute Gasteiger partial charge is 0.104 e. The molecule has 1 N–H and O–H groups in total. The van der Waals surface area contributed by atoms with E-state index in [2.05, 4.69) is 24.8 Å². The predicted molar refractivity (Wildman–Crippen MR) is 66.9 cm³/mol. The minimum atomic E-state index is -0.0730. The lowest BCUT2D eigenvalue weighted by Gasteiger charge is -2.03. The quantitative estimate of drug-likeness (QED) is 0.622. The third-order valence-electron chi connectivity index (χ3n) is 1.93. The average Bonchev–Trinajstić information content (AvgIpc) is 2.28. The molecule has 0 aliphatic carbocycles. The molecule has 80 valence electrons. The van der Waals surface area contributed by atoms with Crippen molar-refractivity contribution in [3.63, 3.8) is 0 Å². The maximum Gasteiger partial charge on any atom is 0.104 e. The maximum atomic E-state index is 8.65. The first-order valence-corrected chi connectivity index (χ1v) is 6.29. The van der Waals surface area contributed by atoms with E-state index < -0.39 is 0 Å². The van der Waals surface area contributed by atoms with Gasteiger partial charge in [0.1, 0.15) is 6.61 Å². The third-order valence-corrected chi connectivity index (χ3v) is 3.14. The van der Waals surface area contributed by atoms with E-state index in [1.165, 1.54) is 17.7 Å². The van der Waals surface area contributed by atoms with Gasteiger partial charge in [-0.2, -0.15) is 11.8 Å². The van der Waals surface area contributed by atoms with Gasteiger partial charge in [0, 0.05) is 11.3 Å². The first kappa shape index (κ1) is 12.2. The molecule has 0 heterocycles. The van der Waals surface area contributed by atoms with Crippen LogP contribution in [0.3, 0.4) is 0 Å². The summed E-state index contributed by atoms with van der Waals surface area (Å²) in [6.45, 7) is 2.11. The van der Waals surface area contributed by atoms with Crippen molar-refractivity contribution in [1.82, 2.24) is 0 Å². The minimum Gasteiger partial charge on any atom is -0.384 e. The number of hydrogen-bond acceptors (Lipinski definition) is 2. The van der Waals surface area contributed by atoms with Crippen LogP contribution in [-0.4, -0.2) is 17.5 Å². The lowest BCUT2D eigenvalue weighted by atomic mass is 10.1. The van der Waals surface area contributed by atoms with Gasteiger partial charge in [0.25, 0.3) is 0 Å². The Labute approximate surface area is 95.9 Å². The van der Waals surface area contributed by atoms with Gasteiger partial charge < -0.3 is 5.11 Å². The van der Waals surface area contributed by atoms with Crippen molar-refractivity contribution in [3.8, 4) is 11.8 Å². The Morgan fingerprint density at radius 3 is 2.87 bits per heavy atom. The summed E-state index contributed by atoms with van der Waals surface area (Å²) in [6, 6.07) is 8.12. The molecule has 0 radical (unpaired) electrons. The number of benzene rings is 1. The lowest BCUT2D eigenvalue weighted by molar-refractivity contribution is 0.350. The summed E-state index contributed by atoms with van der Waals surface area (Å²) in [5.41, 5.74) is 2.30. The van der Waals surface area contributed by atoms with Gasteiger partial charge in [-0.15, -0.1) is 0 Å². The molecule has 1 aromatic rings. The molecule has 0 aromatic heterocycles. The SMILES string of the molecule is CCCSCc1ccccc1C#CCO. The highest BCUT2D eigenvalue weighted by Gasteiger charge is 1.98. The number of hydrogen-bond donors (Lipinski definition) is 1. The Hall–Kier alpha value is -0.910. The molecule has 15 heavy (non-hydrogen) atoms. The molecule has 0 fully saturated rings. The van der Waals surface area contributed by atoms with Crippen molar-refractivity contribution < 1.29 is 5.11 Å². The molecule has 0 saturated heterocycles. The molecule has 0 aliphatic rings. The van der Waals surface area contributed by atoms with Crippen molar-refractivity contribution in [1.29, 1.82) is 0 Å². The van der Waals surface area contributed by atoms with Crippen LogP contribution in [0.4, 0.5) is 0 Å². The van der Waals surface area contributed by atoms with Crippen molar-refractivity contribution >= 4 is 11.8 Å². The first-order chi connectivity index (χ1) is 7.38. The van der Waals surface area contributed by atoms with E-state index in [1.807, 2.05) is 30.0 Å². The molecule has 0 aliphatic heterocycles. The summed E-state index contributed by atoms with van der Waals surface area (Å²) in [7, 11) is 0. The van der Waals surface area contributed by atoms with Gasteiger partial charge in [-0.3, -0.25) is 0 Å². The van der Waals surface area contributed by atoms with Gasteiger partial charge in [-0.25, -0.2) is 0 Å². The molecule has 0 spiro atoms. The second-order valence-corrected chi connectivity index (χ2v) is 4.27. The predicted octanol–water partition coefficient (Wildman–Crippen LogP) is 2.67. The summed E-state index contributed by atoms with van der Waals surface area (Å²) < 4.78 is 0. The summed E-state index contributed by atoms with van der Waals surface area (Å²) in [5, 5.41) is 8.65. The van der Waals surface area contributed by atoms with E-state index in [1.54, 1.807) is 0 Å². The van der Waals surface area contributed by atoms with Crippen molar-refractivity contribution in [2.24, 2.45) is 0 Å². The van der Waals surface area contributed by atoms with Gasteiger partial charge >= 0.3 is 0 Å². The van der Waals surface area contributed by atoms with Crippen LogP contribution in [0.25, 0.3) is 0 Å². The Kier molecular flexibility index (Phi) is 5.99. The fourth-order valence-corrected chi connectivity index (χ4v) is 2.13. The van der Waals surface area contributed by atoms with Crippen molar-refractivity contribution in [2.45, 2.75) is 19.1 Å². The molecular weight excluding hydrogens is 204 g/mol. The van der Waals surface area contributed by atoms with E-state index in [9.17, 15) is 0 Å². The Bertz CT molecular complexity index is 349. The molecule has 0 bridgehead atoms. The zero-order chi connectivity index (χ0) is 10.9. The van der Waals surface area contributed by atoms with Crippen LogP contribution in [0.15, 0.2) is 24.3 Å². The second-order valence-electron chi connectivity index (χ2n) is 3.17. The molecule has 1 rings (SSSR count). The van der Waals surface area contributed by atoms with Crippen LogP contribution in [0.1, 0.15) is 24.5 Å². The topological polar surface area (TPSA) is 20.2 Å². The van der Waals surface area contributed by atoms with Crippen LogP contribution >= 0.6 is 11.8 Å². The van der Waals surface area contributed by atoms with Crippen LogP contribution < -0.4 is 0 Å². The zero-order valence-electron chi connectivity index (χ0n) is 8.99. The van der Waals surface area contributed by atoms with Crippen LogP contribution in [-0.2, 0) is 5.75 Å². The fourth-order valence-electron chi connectivity index (χ4n) is 1.23. The highest BCUT2D eigenvalue weighted by Crippen LogP contribution is 2.16. The van der Waals surface area contributed by atoms with Gasteiger partial charge in [-0.05, 0) is 23.8 Å². The van der Waals surface area contributed by atoms with Gasteiger partial charge in [0.15, 0.2) is 0 Å². The minimum absolute atomic E-state index is 0.0730. The van der Waals surface area contributed by atoms with Crippen LogP contribution in [0.2, 0.25) is 0 Å². The molecule has 0 atom stereocenters. The Morgan fingerprint density at radius 1 is 1.33 bits per heavy atom. The number of thioether (sulfide) groups is 1. The van der Waals surface area contributed by atoms with E-state index in [0.717, 1.165) is 11.3 Å². The number of rotatable bonds is 4. The molecule has 0 amide bonds. The Balaban J connectivity index is 2.68. The van der Waals surface area contributed by atoms with E-state index in [-0.39, 0.29) is 6.61 Å². The molecule has 1 nitrogen and oxygen atoms in total. The largest absolute Gasteiger partial charge is 0.384 e. The molecule has 2 heteroatoms. The lowest BCUT2D eigenvalue weighted by Crippen LogP contribution is -1.88. The van der Waals surface area contributed by atoms with Gasteiger partial charge in [0.2, 0.25) is 0 Å². The van der Waals surface area contributed by atoms with Gasteiger partial charge in [-0.1, -0.05) is 37.0 Å². The molecule has 0 unspecified atom stereocenters. The first-order valence-electron chi connectivity index (χ1n) is 5.14. The van der Waals surface area contributed by atoms with E-state index in [4.69, 9.17) is 5.11 Å². The highest BCUT2D eigenvalue weighted by atomic mass is 32.2. The second kappa shape index (κ2) is 7.39. The maximum absolute atomic E-state index is 8.65. The molecular formula is C13H16OS. The van der Waals surface area contributed by atoms with Crippen LogP contribution in [0.5, 0.6) is 0 Å². The Morgan fingerprint density at radius 2 is 2.13 bits per heavy atom. The zero-order valence-corrected chi connectivity index (χ0v) is 9.81. The number of aliphatic hydroxyl groups is 1. The number of aliphatic hydroxyl groups excluding tert-OH is 1. The van der Waals surface area contributed by atoms with E-state index in [0.29, 0.717) is 0 Å². The van der Waals surface area contributed by atoms with E-state index >= 15 is 0 Å². The molecule has 0 saturated carbocycles. The van der Waals surface area contributed by atoms with Crippen molar-refractivity contribution in [3.05, 3.63) is 35.4 Å². The average molecular weight is 220 g/mol. The molecule has 1 aromatic carbocycles. The summed E-state index contributed by atoms with van der Waals surface area (Å²) in [5.74, 6) is 7.85. The summed E-state index contributed by atoms with van der Waals surface area (Å²) in [4.78, 5) is 0. The standard InChI is InChI=1S/C13H16OS/c1-2-10-15-11-13-7-4-3-6-12(13)8-5-9-14/h3-4,6-7,14H,2,9-11H2,1H3.